The maximum atomic E-state index is 9.90. The molecule has 1 aromatic heterocycles. The molecule has 0 aliphatic heterocycles. The summed E-state index contributed by atoms with van der Waals surface area (Å²) < 4.78 is 10.1. The van der Waals surface area contributed by atoms with Gasteiger partial charge in [0.05, 0.1) is 12.7 Å². The first-order valence-electron chi connectivity index (χ1n) is 4.72. The number of ether oxygens (including phenoxy) is 1. The number of nitrogen functional groups attached to an aromatic ring is 1. The third-order valence-electron chi connectivity index (χ3n) is 2.30. The lowest BCUT2D eigenvalue weighted by atomic mass is 10.1. The number of aromatic hydroxyl groups is 1. The van der Waals surface area contributed by atoms with Gasteiger partial charge >= 0.3 is 0 Å². The molecular formula is C11H12N2O3. The van der Waals surface area contributed by atoms with Crippen molar-refractivity contribution in [2.75, 3.05) is 12.8 Å². The lowest BCUT2D eigenvalue weighted by Gasteiger charge is -2.07. The molecule has 0 spiro atoms. The lowest BCUT2D eigenvalue weighted by molar-refractivity contribution is 0.408. The molecule has 0 saturated carbocycles. The van der Waals surface area contributed by atoms with Gasteiger partial charge < -0.3 is 20.1 Å². The molecule has 0 fully saturated rings. The first-order valence-corrected chi connectivity index (χ1v) is 4.72. The Hall–Kier alpha value is -2.17. The van der Waals surface area contributed by atoms with E-state index in [2.05, 4.69) is 5.16 Å². The highest BCUT2D eigenvalue weighted by atomic mass is 16.5. The molecule has 0 atom stereocenters. The molecule has 1 aromatic carbocycles. The standard InChI is InChI=1S/C11H12N2O3/c1-6-3-7(15-2)4-8(11(6)14)9-5-10(12)13-16-9/h3-5,14H,1-2H3,(H2,12,13). The molecular weight excluding hydrogens is 208 g/mol. The van der Waals surface area contributed by atoms with Crippen LogP contribution < -0.4 is 10.5 Å². The zero-order valence-electron chi connectivity index (χ0n) is 9.02. The van der Waals surface area contributed by atoms with Crippen LogP contribution in [0, 0.1) is 6.92 Å². The van der Waals surface area contributed by atoms with Crippen molar-refractivity contribution in [2.24, 2.45) is 0 Å². The molecule has 0 radical (unpaired) electrons. The number of nitrogens with two attached hydrogens (primary N) is 1. The molecule has 0 aliphatic carbocycles. The third kappa shape index (κ3) is 1.67. The Morgan fingerprint density at radius 3 is 2.69 bits per heavy atom. The van der Waals surface area contributed by atoms with Crippen molar-refractivity contribution in [3.05, 3.63) is 23.8 Å². The minimum absolute atomic E-state index is 0.136. The second-order valence-electron chi connectivity index (χ2n) is 3.46. The number of nitrogens with zero attached hydrogens (tertiary/aromatic N) is 1. The van der Waals surface area contributed by atoms with E-state index in [1.165, 1.54) is 0 Å². The molecule has 5 heteroatoms. The number of methoxy groups -OCH3 is 1. The zero-order valence-corrected chi connectivity index (χ0v) is 9.02. The maximum absolute atomic E-state index is 9.90. The highest BCUT2D eigenvalue weighted by molar-refractivity contribution is 5.70. The van der Waals surface area contributed by atoms with Crippen molar-refractivity contribution in [1.82, 2.24) is 5.16 Å². The predicted molar refractivity (Wildman–Crippen MR) is 59.3 cm³/mol. The summed E-state index contributed by atoms with van der Waals surface area (Å²) >= 11 is 0. The quantitative estimate of drug-likeness (QED) is 0.808. The molecule has 2 rings (SSSR count). The van der Waals surface area contributed by atoms with Gasteiger partial charge in [0, 0.05) is 6.07 Å². The Kier molecular flexibility index (Phi) is 2.44. The second kappa shape index (κ2) is 3.77. The Bertz CT molecular complexity index is 520. The highest BCUT2D eigenvalue weighted by Crippen LogP contribution is 2.36. The molecule has 0 aliphatic rings. The Morgan fingerprint density at radius 2 is 2.12 bits per heavy atom. The molecule has 16 heavy (non-hydrogen) atoms. The largest absolute Gasteiger partial charge is 0.507 e. The van der Waals surface area contributed by atoms with Crippen molar-refractivity contribution in [1.29, 1.82) is 0 Å². The van der Waals surface area contributed by atoms with Crippen molar-refractivity contribution in [2.45, 2.75) is 6.92 Å². The average Bonchev–Trinajstić information content (AvgIpc) is 2.68. The Morgan fingerprint density at radius 1 is 1.38 bits per heavy atom. The molecule has 0 amide bonds. The highest BCUT2D eigenvalue weighted by Gasteiger charge is 2.13. The van der Waals surface area contributed by atoms with Crippen LogP contribution in [0.25, 0.3) is 11.3 Å². The topological polar surface area (TPSA) is 81.5 Å². The Labute approximate surface area is 92.4 Å². The fourth-order valence-electron chi connectivity index (χ4n) is 1.47. The summed E-state index contributed by atoms with van der Waals surface area (Å²) in [6, 6.07) is 4.95. The molecule has 3 N–H and O–H groups in total. The summed E-state index contributed by atoms with van der Waals surface area (Å²) in [5.41, 5.74) is 6.67. The number of aromatic nitrogens is 1. The van der Waals surface area contributed by atoms with Crippen molar-refractivity contribution < 1.29 is 14.4 Å². The summed E-state index contributed by atoms with van der Waals surface area (Å²) in [4.78, 5) is 0. The minimum atomic E-state index is 0.136. The van der Waals surface area contributed by atoms with E-state index in [-0.39, 0.29) is 11.6 Å². The minimum Gasteiger partial charge on any atom is -0.507 e. The van der Waals surface area contributed by atoms with Crippen LogP contribution in [0.4, 0.5) is 5.82 Å². The number of anilines is 1. The van der Waals surface area contributed by atoms with E-state index < -0.39 is 0 Å². The third-order valence-corrected chi connectivity index (χ3v) is 2.30. The molecule has 0 unspecified atom stereocenters. The van der Waals surface area contributed by atoms with Gasteiger partial charge in [-0.25, -0.2) is 0 Å². The van der Waals surface area contributed by atoms with Crippen molar-refractivity contribution in [3.8, 4) is 22.8 Å². The molecule has 0 saturated heterocycles. The molecule has 84 valence electrons. The zero-order chi connectivity index (χ0) is 11.7. The number of hydrogen-bond acceptors (Lipinski definition) is 5. The fraction of sp³-hybridized carbons (Fsp3) is 0.182. The van der Waals surface area contributed by atoms with Crippen LogP contribution in [0.2, 0.25) is 0 Å². The van der Waals surface area contributed by atoms with Gasteiger partial charge in [-0.3, -0.25) is 0 Å². The number of aryl methyl sites for hydroxylation is 1. The van der Waals surface area contributed by atoms with Gasteiger partial charge in [-0.2, -0.15) is 0 Å². The molecule has 0 bridgehead atoms. The smallest absolute Gasteiger partial charge is 0.172 e. The fourth-order valence-corrected chi connectivity index (χ4v) is 1.47. The van der Waals surface area contributed by atoms with E-state index in [4.69, 9.17) is 15.0 Å². The summed E-state index contributed by atoms with van der Waals surface area (Å²) in [5.74, 6) is 1.46. The van der Waals surface area contributed by atoms with Crippen molar-refractivity contribution >= 4 is 5.82 Å². The Balaban J connectivity index is 2.59. The number of rotatable bonds is 2. The van der Waals surface area contributed by atoms with E-state index in [0.29, 0.717) is 22.6 Å². The van der Waals surface area contributed by atoms with E-state index >= 15 is 0 Å². The second-order valence-corrected chi connectivity index (χ2v) is 3.46. The van der Waals surface area contributed by atoms with Crippen LogP contribution in [-0.2, 0) is 0 Å². The number of phenols is 1. The summed E-state index contributed by atoms with van der Waals surface area (Å²) in [7, 11) is 1.56. The van der Waals surface area contributed by atoms with Gasteiger partial charge in [-0.1, -0.05) is 5.16 Å². The summed E-state index contributed by atoms with van der Waals surface area (Å²) in [5, 5.41) is 13.5. The number of phenolic OH excluding ortho intramolecular Hbond substituents is 1. The van der Waals surface area contributed by atoms with Gasteiger partial charge in [-0.15, -0.1) is 0 Å². The van der Waals surface area contributed by atoms with Crippen LogP contribution in [0.1, 0.15) is 5.56 Å². The SMILES string of the molecule is COc1cc(C)c(O)c(-c2cc(N)no2)c1. The van der Waals surface area contributed by atoms with Crippen LogP contribution in [0.3, 0.4) is 0 Å². The van der Waals surface area contributed by atoms with Crippen LogP contribution in [0.5, 0.6) is 11.5 Å². The normalized spacial score (nSPS) is 10.4. The average molecular weight is 220 g/mol. The number of benzene rings is 1. The molecule has 1 heterocycles. The van der Waals surface area contributed by atoms with E-state index in [9.17, 15) is 5.11 Å². The molecule has 5 nitrogen and oxygen atoms in total. The molecule has 2 aromatic rings. The number of hydrogen-bond donors (Lipinski definition) is 2. The van der Waals surface area contributed by atoms with E-state index in [1.54, 1.807) is 32.2 Å². The first-order chi connectivity index (χ1) is 7.61. The van der Waals surface area contributed by atoms with Gasteiger partial charge in [0.2, 0.25) is 0 Å². The monoisotopic (exact) mass is 220 g/mol. The van der Waals surface area contributed by atoms with Gasteiger partial charge in [0.25, 0.3) is 0 Å². The van der Waals surface area contributed by atoms with Crippen molar-refractivity contribution in [3.63, 3.8) is 0 Å². The van der Waals surface area contributed by atoms with Crippen LogP contribution in [-0.4, -0.2) is 17.4 Å². The van der Waals surface area contributed by atoms with E-state index in [1.807, 2.05) is 0 Å². The van der Waals surface area contributed by atoms with Gasteiger partial charge in [0.15, 0.2) is 11.6 Å². The summed E-state index contributed by atoms with van der Waals surface area (Å²) in [6.07, 6.45) is 0. The first kappa shape index (κ1) is 10.4. The summed E-state index contributed by atoms with van der Waals surface area (Å²) in [6.45, 7) is 1.78. The predicted octanol–water partition coefficient (Wildman–Crippen LogP) is 1.95. The van der Waals surface area contributed by atoms with Gasteiger partial charge in [-0.05, 0) is 24.6 Å². The van der Waals surface area contributed by atoms with Crippen LogP contribution in [0.15, 0.2) is 22.7 Å². The lowest BCUT2D eigenvalue weighted by Crippen LogP contribution is -1.87. The van der Waals surface area contributed by atoms with Gasteiger partial charge in [0.1, 0.15) is 11.5 Å². The van der Waals surface area contributed by atoms with E-state index in [0.717, 1.165) is 0 Å². The maximum Gasteiger partial charge on any atom is 0.172 e. The van der Waals surface area contributed by atoms with Crippen LogP contribution >= 0.6 is 0 Å².